The number of hydrogen-bond donors (Lipinski definition) is 2. The summed E-state index contributed by atoms with van der Waals surface area (Å²) >= 11 is 0. The molecule has 7 heteroatoms. The molecule has 0 aliphatic rings. The van der Waals surface area contributed by atoms with Crippen LogP contribution in [0.2, 0.25) is 0 Å². The van der Waals surface area contributed by atoms with E-state index in [1.165, 1.54) is 0 Å². The van der Waals surface area contributed by atoms with E-state index in [4.69, 9.17) is 4.74 Å². The number of carbonyl (C=O) groups is 1. The van der Waals surface area contributed by atoms with Crippen LogP contribution in [0, 0.1) is 6.92 Å². The van der Waals surface area contributed by atoms with Crippen LogP contribution >= 0.6 is 0 Å². The Morgan fingerprint density at radius 1 is 1.08 bits per heavy atom. The molecule has 0 saturated heterocycles. The number of ether oxygens (including phenoxy) is 1. The molecule has 26 heavy (non-hydrogen) atoms. The molecule has 138 valence electrons. The molecule has 0 aliphatic carbocycles. The summed E-state index contributed by atoms with van der Waals surface area (Å²) in [6.07, 6.45) is 1.64. The van der Waals surface area contributed by atoms with E-state index in [0.717, 1.165) is 5.56 Å². The average Bonchev–Trinajstić information content (AvgIpc) is 2.64. The van der Waals surface area contributed by atoms with E-state index in [-0.39, 0.29) is 23.9 Å². The van der Waals surface area contributed by atoms with Gasteiger partial charge in [-0.3, -0.25) is 4.79 Å². The van der Waals surface area contributed by atoms with E-state index in [1.807, 2.05) is 6.92 Å². The third kappa shape index (κ3) is 5.72. The van der Waals surface area contributed by atoms with Gasteiger partial charge in [-0.25, -0.2) is 13.1 Å². The smallest absolute Gasteiger partial charge is 0.251 e. The van der Waals surface area contributed by atoms with Crippen molar-refractivity contribution in [1.82, 2.24) is 10.0 Å². The standard InChI is InChI=1S/C19H22N2O4S/c1-3-14-25-17-8-6-16(7-9-17)19(22)20-12-13-21-26(23,24)18-10-4-15(2)5-11-18/h3-11,21H,1,12-14H2,2H3,(H,20,22). The number of hydrogen-bond acceptors (Lipinski definition) is 4. The summed E-state index contributed by atoms with van der Waals surface area (Å²) in [5.41, 5.74) is 1.45. The minimum atomic E-state index is -3.58. The van der Waals surface area contributed by atoms with Gasteiger partial charge in [0.15, 0.2) is 0 Å². The van der Waals surface area contributed by atoms with E-state index < -0.39 is 10.0 Å². The third-order valence-electron chi connectivity index (χ3n) is 3.52. The zero-order valence-corrected chi connectivity index (χ0v) is 15.4. The molecule has 0 radical (unpaired) electrons. The molecule has 2 aromatic rings. The molecule has 0 fully saturated rings. The fraction of sp³-hybridized carbons (Fsp3) is 0.211. The molecule has 1 amide bonds. The predicted molar refractivity (Wildman–Crippen MR) is 101 cm³/mol. The van der Waals surface area contributed by atoms with Gasteiger partial charge in [0, 0.05) is 18.7 Å². The van der Waals surface area contributed by atoms with E-state index >= 15 is 0 Å². The highest BCUT2D eigenvalue weighted by molar-refractivity contribution is 7.89. The Morgan fingerprint density at radius 3 is 2.35 bits per heavy atom. The SMILES string of the molecule is C=CCOc1ccc(C(=O)NCCNS(=O)(=O)c2ccc(C)cc2)cc1. The van der Waals surface area contributed by atoms with Crippen molar-refractivity contribution in [2.24, 2.45) is 0 Å². The summed E-state index contributed by atoms with van der Waals surface area (Å²) in [6.45, 7) is 6.13. The number of rotatable bonds is 9. The molecule has 0 atom stereocenters. The molecule has 0 saturated carbocycles. The fourth-order valence-electron chi connectivity index (χ4n) is 2.12. The Kier molecular flexibility index (Phi) is 6.94. The lowest BCUT2D eigenvalue weighted by molar-refractivity contribution is 0.0954. The van der Waals surface area contributed by atoms with Crippen LogP contribution in [0.1, 0.15) is 15.9 Å². The van der Waals surface area contributed by atoms with E-state index in [9.17, 15) is 13.2 Å². The van der Waals surface area contributed by atoms with Crippen LogP contribution in [0.3, 0.4) is 0 Å². The summed E-state index contributed by atoms with van der Waals surface area (Å²) < 4.78 is 32.1. The first-order valence-corrected chi connectivity index (χ1v) is 9.59. The van der Waals surface area contributed by atoms with Gasteiger partial charge >= 0.3 is 0 Å². The van der Waals surface area contributed by atoms with Crippen LogP contribution in [0.5, 0.6) is 5.75 Å². The van der Waals surface area contributed by atoms with Crippen LogP contribution in [0.4, 0.5) is 0 Å². The van der Waals surface area contributed by atoms with Gasteiger partial charge < -0.3 is 10.1 Å². The maximum absolute atomic E-state index is 12.1. The molecule has 2 rings (SSSR count). The van der Waals surface area contributed by atoms with Gasteiger partial charge in [-0.15, -0.1) is 0 Å². The minimum Gasteiger partial charge on any atom is -0.490 e. The van der Waals surface area contributed by atoms with Crippen LogP contribution < -0.4 is 14.8 Å². The van der Waals surface area contributed by atoms with Crippen LogP contribution in [-0.4, -0.2) is 34.0 Å². The van der Waals surface area contributed by atoms with E-state index in [1.54, 1.807) is 54.6 Å². The molecular formula is C19H22N2O4S. The monoisotopic (exact) mass is 374 g/mol. The number of nitrogens with one attached hydrogen (secondary N) is 2. The lowest BCUT2D eigenvalue weighted by Crippen LogP contribution is -2.34. The van der Waals surface area contributed by atoms with Crippen molar-refractivity contribution in [3.05, 3.63) is 72.3 Å². The van der Waals surface area contributed by atoms with Crippen molar-refractivity contribution in [1.29, 1.82) is 0 Å². The molecule has 0 spiro atoms. The second-order valence-corrected chi connectivity index (χ2v) is 7.36. The number of amides is 1. The number of sulfonamides is 1. The van der Waals surface area contributed by atoms with Gasteiger partial charge in [-0.05, 0) is 43.3 Å². The van der Waals surface area contributed by atoms with Gasteiger partial charge in [0.25, 0.3) is 5.91 Å². The zero-order valence-electron chi connectivity index (χ0n) is 14.6. The molecule has 0 heterocycles. The maximum Gasteiger partial charge on any atom is 0.251 e. The van der Waals surface area contributed by atoms with Gasteiger partial charge in [-0.2, -0.15) is 0 Å². The van der Waals surface area contributed by atoms with Crippen molar-refractivity contribution in [2.75, 3.05) is 19.7 Å². The first kappa shape index (κ1) is 19.7. The predicted octanol–water partition coefficient (Wildman–Crippen LogP) is 2.27. The van der Waals surface area contributed by atoms with Crippen molar-refractivity contribution in [3.63, 3.8) is 0 Å². The molecule has 2 aromatic carbocycles. The number of carbonyl (C=O) groups excluding carboxylic acids is 1. The third-order valence-corrected chi connectivity index (χ3v) is 5.00. The van der Waals surface area contributed by atoms with Gasteiger partial charge in [0.05, 0.1) is 4.90 Å². The summed E-state index contributed by atoms with van der Waals surface area (Å²) in [4.78, 5) is 12.3. The Morgan fingerprint density at radius 2 is 1.73 bits per heavy atom. The minimum absolute atomic E-state index is 0.0997. The van der Waals surface area contributed by atoms with Crippen LogP contribution in [0.15, 0.2) is 66.1 Å². The second-order valence-electron chi connectivity index (χ2n) is 5.59. The largest absolute Gasteiger partial charge is 0.490 e. The molecular weight excluding hydrogens is 352 g/mol. The highest BCUT2D eigenvalue weighted by Crippen LogP contribution is 2.12. The summed E-state index contributed by atoms with van der Waals surface area (Å²) in [7, 11) is -3.58. The van der Waals surface area contributed by atoms with Gasteiger partial charge in [-0.1, -0.05) is 30.4 Å². The quantitative estimate of drug-likeness (QED) is 0.521. The Balaban J connectivity index is 1.80. The fourth-order valence-corrected chi connectivity index (χ4v) is 3.15. The second kappa shape index (κ2) is 9.17. The lowest BCUT2D eigenvalue weighted by Gasteiger charge is -2.09. The van der Waals surface area contributed by atoms with E-state index in [0.29, 0.717) is 17.9 Å². The highest BCUT2D eigenvalue weighted by Gasteiger charge is 2.13. The molecule has 0 aromatic heterocycles. The van der Waals surface area contributed by atoms with Gasteiger partial charge in [0.2, 0.25) is 10.0 Å². The molecule has 0 unspecified atom stereocenters. The van der Waals surface area contributed by atoms with Crippen molar-refractivity contribution >= 4 is 15.9 Å². The average molecular weight is 374 g/mol. The summed E-state index contributed by atoms with van der Waals surface area (Å²) in [6, 6.07) is 13.2. The van der Waals surface area contributed by atoms with Gasteiger partial charge in [0.1, 0.15) is 12.4 Å². The lowest BCUT2D eigenvalue weighted by atomic mass is 10.2. The topological polar surface area (TPSA) is 84.5 Å². The molecule has 6 nitrogen and oxygen atoms in total. The first-order valence-electron chi connectivity index (χ1n) is 8.10. The Bertz CT molecular complexity index is 844. The van der Waals surface area contributed by atoms with Crippen molar-refractivity contribution in [3.8, 4) is 5.75 Å². The van der Waals surface area contributed by atoms with Crippen molar-refractivity contribution in [2.45, 2.75) is 11.8 Å². The zero-order chi connectivity index (χ0) is 19.0. The summed E-state index contributed by atoms with van der Waals surface area (Å²) in [5.74, 6) is 0.363. The maximum atomic E-state index is 12.1. The highest BCUT2D eigenvalue weighted by atomic mass is 32.2. The number of aryl methyl sites for hydroxylation is 1. The normalized spacial score (nSPS) is 11.0. The Hall–Kier alpha value is -2.64. The first-order chi connectivity index (χ1) is 12.4. The summed E-state index contributed by atoms with van der Waals surface area (Å²) in [5, 5.41) is 2.67. The van der Waals surface area contributed by atoms with Crippen molar-refractivity contribution < 1.29 is 17.9 Å². The van der Waals surface area contributed by atoms with E-state index in [2.05, 4.69) is 16.6 Å². The number of benzene rings is 2. The molecule has 0 bridgehead atoms. The van der Waals surface area contributed by atoms with Crippen LogP contribution in [-0.2, 0) is 10.0 Å². The molecule has 2 N–H and O–H groups in total. The molecule has 0 aliphatic heterocycles. The Labute approximate surface area is 153 Å². The van der Waals surface area contributed by atoms with Crippen LogP contribution in [0.25, 0.3) is 0 Å².